The molecule has 0 aliphatic carbocycles. The van der Waals surface area contributed by atoms with Crippen LogP contribution in [-0.2, 0) is 81.6 Å². The number of carbonyl (C=O) groups excluding carboxylic acids is 12. The number of H-pyrrole nitrogens is 1. The Balaban J connectivity index is 1.32. The number of carbonyl (C=O) groups is 13. The molecule has 0 spiro atoms. The maximum Gasteiger partial charge on any atom is 0.327 e. The fourth-order valence-corrected chi connectivity index (χ4v) is 15.7. The summed E-state index contributed by atoms with van der Waals surface area (Å²) in [6.45, 7) is 1.91. The van der Waals surface area contributed by atoms with Gasteiger partial charge in [0.15, 0.2) is 0 Å². The van der Waals surface area contributed by atoms with Gasteiger partial charge < -0.3 is 89.0 Å². The highest BCUT2D eigenvalue weighted by Gasteiger charge is 2.45. The number of aliphatic hydroxyl groups excluding tert-OH is 1. The molecule has 4 aliphatic heterocycles. The third-order valence-corrected chi connectivity index (χ3v) is 21.2. The first-order chi connectivity index (χ1) is 46.1. The number of carboxylic acid groups (broad SMARTS) is 1. The number of phenols is 1. The minimum atomic E-state index is -1.81. The van der Waals surface area contributed by atoms with Crippen molar-refractivity contribution < 1.29 is 77.6 Å². The number of phenolic OH excluding ortho intramolecular Hbond substituents is 1. The van der Waals surface area contributed by atoms with Gasteiger partial charge in [-0.1, -0.05) is 112 Å². The van der Waals surface area contributed by atoms with Gasteiger partial charge in [-0.05, 0) is 61.8 Å². The molecular weight excluding hydrogens is 1330 g/mol. The van der Waals surface area contributed by atoms with Crippen LogP contribution in [0.2, 0.25) is 0 Å². The highest BCUT2D eigenvalue weighted by molar-refractivity contribution is 8.77. The van der Waals surface area contributed by atoms with Crippen LogP contribution in [0.4, 0.5) is 0 Å². The van der Waals surface area contributed by atoms with Crippen molar-refractivity contribution in [3.05, 3.63) is 83.9 Å². The van der Waals surface area contributed by atoms with E-state index in [-0.39, 0.29) is 75.3 Å². The summed E-state index contributed by atoms with van der Waals surface area (Å²) in [6, 6.07) is -3.41. The summed E-state index contributed by atoms with van der Waals surface area (Å²) < 4.78 is 0. The van der Waals surface area contributed by atoms with Crippen molar-refractivity contribution in [1.82, 2.24) is 72.9 Å². The first-order valence-electron chi connectivity index (χ1n) is 31.6. The first kappa shape index (κ1) is 75.3. The number of imidazole rings is 1. The maximum absolute atomic E-state index is 15.0. The minimum absolute atomic E-state index is 0.0362. The van der Waals surface area contributed by atoms with Crippen molar-refractivity contribution in [1.29, 1.82) is 0 Å². The van der Waals surface area contributed by atoms with Gasteiger partial charge in [0, 0.05) is 67.3 Å². The molecule has 2 aromatic carbocycles. The van der Waals surface area contributed by atoms with Crippen LogP contribution in [0.1, 0.15) is 82.0 Å². The predicted molar refractivity (Wildman–Crippen MR) is 356 cm³/mol. The Bertz CT molecular complexity index is 3230. The monoisotopic (exact) mass is 1410 g/mol. The number of aromatic hydroxyl groups is 1. The van der Waals surface area contributed by atoms with Gasteiger partial charge in [-0.15, -0.1) is 0 Å². The van der Waals surface area contributed by atoms with E-state index in [1.165, 1.54) is 46.6 Å². The van der Waals surface area contributed by atoms with Gasteiger partial charge in [-0.3, -0.25) is 57.5 Å². The van der Waals surface area contributed by atoms with Gasteiger partial charge in [0.1, 0.15) is 78.3 Å². The summed E-state index contributed by atoms with van der Waals surface area (Å²) in [5.74, 6) is -13.5. The van der Waals surface area contributed by atoms with E-state index < -0.39 is 174 Å². The molecule has 12 amide bonds. The lowest BCUT2D eigenvalue weighted by Crippen LogP contribution is -2.61. The Labute approximate surface area is 569 Å². The van der Waals surface area contributed by atoms with E-state index in [9.17, 15) is 72.9 Å². The topological polar surface area (TPSA) is 464 Å². The maximum atomic E-state index is 15.0. The van der Waals surface area contributed by atoms with Crippen molar-refractivity contribution in [2.75, 3.05) is 49.3 Å². The van der Waals surface area contributed by atoms with E-state index in [0.717, 1.165) is 43.2 Å². The minimum Gasteiger partial charge on any atom is -0.508 e. The van der Waals surface area contributed by atoms with Crippen LogP contribution < -0.4 is 58.9 Å². The molecule has 7 rings (SSSR count). The molecule has 5 heterocycles. The molecule has 4 fully saturated rings. The second-order valence-corrected chi connectivity index (χ2v) is 28.4. The lowest BCUT2D eigenvalue weighted by molar-refractivity contribution is -0.148. The van der Waals surface area contributed by atoms with Crippen molar-refractivity contribution >= 4 is 120 Å². The zero-order valence-electron chi connectivity index (χ0n) is 52.9. The fraction of sp³-hybridized carbons (Fsp3) is 0.541. The van der Waals surface area contributed by atoms with Gasteiger partial charge in [-0.25, -0.2) is 9.78 Å². The number of hydrogen-bond acceptors (Lipinski definition) is 21. The van der Waals surface area contributed by atoms with Crippen LogP contribution in [0.25, 0.3) is 0 Å². The van der Waals surface area contributed by atoms with Crippen LogP contribution in [0, 0.1) is 0 Å². The van der Waals surface area contributed by atoms with Gasteiger partial charge in [-0.2, -0.15) is 0 Å². The predicted octanol–water partition coefficient (Wildman–Crippen LogP) is -2.60. The highest BCUT2D eigenvalue weighted by atomic mass is 33.1. The number of hydrogen-bond donors (Lipinski definition) is 15. The number of nitrogens with zero attached hydrogens (tertiary/aromatic N) is 3. The number of aromatic amines is 1. The number of benzene rings is 2. The van der Waals surface area contributed by atoms with Gasteiger partial charge >= 0.3 is 5.97 Å². The van der Waals surface area contributed by atoms with Crippen molar-refractivity contribution in [3.63, 3.8) is 0 Å². The lowest BCUT2D eigenvalue weighted by Gasteiger charge is -2.33. The van der Waals surface area contributed by atoms with Gasteiger partial charge in [0.2, 0.25) is 70.9 Å². The van der Waals surface area contributed by atoms with Crippen molar-refractivity contribution in [2.24, 2.45) is 5.73 Å². The summed E-state index contributed by atoms with van der Waals surface area (Å²) in [5, 5.41) is 57.5. The number of rotatable bonds is 14. The summed E-state index contributed by atoms with van der Waals surface area (Å²) in [4.78, 5) is 197. The second-order valence-electron chi connectivity index (χ2n) is 23.3. The molecule has 0 radical (unpaired) electrons. The molecule has 0 saturated carbocycles. The molecule has 4 aliphatic rings. The molecule has 16 N–H and O–H groups in total. The molecular formula is C61H83N15O16S4. The third kappa shape index (κ3) is 21.7. The second kappa shape index (κ2) is 37.4. The number of nitrogens with one attached hydrogen (secondary N) is 11. The van der Waals surface area contributed by atoms with Crippen LogP contribution in [0.3, 0.4) is 0 Å². The molecule has 4 saturated heterocycles. The van der Waals surface area contributed by atoms with Gasteiger partial charge in [0.05, 0.1) is 19.5 Å². The Morgan fingerprint density at radius 3 is 1.70 bits per heavy atom. The summed E-state index contributed by atoms with van der Waals surface area (Å²) in [5.41, 5.74) is 7.04. The Morgan fingerprint density at radius 1 is 0.573 bits per heavy atom. The number of aliphatic carboxylic acids is 1. The van der Waals surface area contributed by atoms with E-state index >= 15 is 4.79 Å². The lowest BCUT2D eigenvalue weighted by atomic mass is 10.0. The number of aromatic nitrogens is 2. The SMILES string of the molecule is CCCC[C@@H]1NC(=O)[C@H](CC)NC(=O)[C@H](Cc2ccccc2)NC(=O)[C@@H]2CSSC[C@H](NC(=O)CN)C(=O)N[C@@H](CSSC[C@@H](C(=O)O)NC(=O)[C@H](Cc3ccc(O)cc3)NC1=O)C(=O)N[C@@H](CO)C(=O)N[C@@H](Cc1cnc[nH]1)C(=O)N1CCC[C@H]1C(=O)N1CCC[C@H]1C(=O)N2. The van der Waals surface area contributed by atoms with E-state index in [0.29, 0.717) is 42.5 Å². The van der Waals surface area contributed by atoms with Gasteiger partial charge in [0.25, 0.3) is 0 Å². The quantitative estimate of drug-likeness (QED) is 0.0736. The third-order valence-electron chi connectivity index (χ3n) is 16.3. The van der Waals surface area contributed by atoms with Crippen LogP contribution in [-0.4, -0.2) is 234 Å². The number of fused-ring (bicyclic) bond motifs is 10. The number of amides is 12. The average molecular weight is 1410 g/mol. The standard InChI is InChI=1S/C61H83N15O16S4/c1-3-5-13-38-51(81)68-40(23-34-16-18-36(78)19-17-34)53(83)74-46(61(91)92)31-96-95-29-44-57(87)71-42(27-77)54(84)70-41(24-35-26-63-32-64-35)59(89)76-21-10-15-48(76)60(90)75-20-9-14-47(75)58(88)73-45(30-94-93-28-43(55(85)72-44)65-49(79)25-62)56(86)69-39(22-33-11-7-6-8-12-33)52(82)66-37(4-2)50(80)67-38/h6-8,11-12,16-19,26,32,37-48,77-78H,3-5,9-10,13-15,20-25,27-31,62H2,1-2H3,(H,63,64)(H,65,79)(H,66,82)(H,67,80)(H,68,81)(H,69,86)(H,70,84)(H,71,87)(H,72,85)(H,73,88)(H,74,83)(H,91,92)/t37-,38-,39-,40-,41-,42-,43-,44-,45-,46-,47-,48-/m0/s1. The molecule has 35 heteroatoms. The number of aliphatic hydroxyl groups is 1. The fourth-order valence-electron chi connectivity index (χ4n) is 11.0. The molecule has 2 bridgehead atoms. The van der Waals surface area contributed by atoms with E-state index in [1.807, 2.05) is 6.92 Å². The van der Waals surface area contributed by atoms with Crippen LogP contribution in [0.15, 0.2) is 67.1 Å². The summed E-state index contributed by atoms with van der Waals surface area (Å²) in [6.07, 6.45) is 4.05. The Hall–Kier alpha value is -8.12. The molecule has 96 heavy (non-hydrogen) atoms. The molecule has 31 nitrogen and oxygen atoms in total. The largest absolute Gasteiger partial charge is 0.508 e. The zero-order valence-corrected chi connectivity index (χ0v) is 56.2. The van der Waals surface area contributed by atoms with E-state index in [1.54, 1.807) is 37.3 Å². The zero-order chi connectivity index (χ0) is 69.4. The number of unbranched alkanes of at least 4 members (excludes halogenated alkanes) is 1. The number of carboxylic acids is 1. The van der Waals surface area contributed by atoms with E-state index in [2.05, 4.69) is 63.1 Å². The summed E-state index contributed by atoms with van der Waals surface area (Å²) >= 11 is 0. The van der Waals surface area contributed by atoms with Crippen molar-refractivity contribution in [3.8, 4) is 5.75 Å². The molecule has 12 atom stereocenters. The molecule has 3 aromatic rings. The smallest absolute Gasteiger partial charge is 0.327 e. The highest BCUT2D eigenvalue weighted by Crippen LogP contribution is 2.29. The van der Waals surface area contributed by atoms with Crippen LogP contribution >= 0.6 is 43.2 Å². The molecule has 0 unspecified atom stereocenters. The first-order valence-corrected chi connectivity index (χ1v) is 36.5. The normalized spacial score (nSPS) is 27.2. The average Bonchev–Trinajstić information content (AvgIpc) is 1.67. The molecule has 1 aromatic heterocycles. The van der Waals surface area contributed by atoms with E-state index in [4.69, 9.17) is 5.73 Å². The Morgan fingerprint density at radius 2 is 1.09 bits per heavy atom. The Kier molecular flexibility index (Phi) is 29.3. The summed E-state index contributed by atoms with van der Waals surface area (Å²) in [7, 11) is 3.54. The van der Waals surface area contributed by atoms with Crippen LogP contribution in [0.5, 0.6) is 5.75 Å². The molecule has 522 valence electrons. The number of nitrogens with two attached hydrogens (primary N) is 1. The van der Waals surface area contributed by atoms with Crippen molar-refractivity contribution in [2.45, 2.75) is 157 Å².